The first-order valence-electron chi connectivity index (χ1n) is 12.5. The topological polar surface area (TPSA) is 181 Å². The third-order valence-corrected chi connectivity index (χ3v) is 6.92. The van der Waals surface area contributed by atoms with E-state index >= 15 is 0 Å². The summed E-state index contributed by atoms with van der Waals surface area (Å²) in [7, 11) is 0. The Labute approximate surface area is 221 Å². The number of imidazole rings is 1. The van der Waals surface area contributed by atoms with Crippen molar-refractivity contribution in [2.45, 2.75) is 32.7 Å². The number of hydrogen-bond donors (Lipinski definition) is 3. The summed E-state index contributed by atoms with van der Waals surface area (Å²) in [5.74, 6) is 1.10. The Balaban J connectivity index is 1.42. The highest BCUT2D eigenvalue weighted by Crippen LogP contribution is 2.48. The fraction of sp³-hybridized carbons (Fsp3) is 0.360. The highest BCUT2D eigenvalue weighted by molar-refractivity contribution is 5.87. The Morgan fingerprint density at radius 3 is 2.59 bits per heavy atom. The highest BCUT2D eigenvalue weighted by Gasteiger charge is 2.35. The van der Waals surface area contributed by atoms with E-state index in [1.807, 2.05) is 0 Å². The van der Waals surface area contributed by atoms with Crippen LogP contribution in [0.1, 0.15) is 24.4 Å². The number of aryl methyl sites for hydroxylation is 2. The number of fused-ring (bicyclic) bond motifs is 1. The maximum Gasteiger partial charge on any atom is 0.298 e. The average Bonchev–Trinajstić information content (AvgIpc) is 3.72. The molecule has 0 unspecified atom stereocenters. The lowest BCUT2D eigenvalue weighted by Gasteiger charge is -2.33. The van der Waals surface area contributed by atoms with Crippen molar-refractivity contribution >= 4 is 30.1 Å². The van der Waals surface area contributed by atoms with E-state index < -0.39 is 0 Å². The predicted octanol–water partition coefficient (Wildman–Crippen LogP) is 1.45. The number of phenols is 1. The van der Waals surface area contributed by atoms with Crippen LogP contribution in [0.4, 0.5) is 5.95 Å². The first-order valence-corrected chi connectivity index (χ1v) is 12.5. The number of benzene rings is 1. The van der Waals surface area contributed by atoms with Crippen LogP contribution in [0.25, 0.3) is 33.8 Å². The largest absolute Gasteiger partial charge is 0.507 e. The van der Waals surface area contributed by atoms with Crippen LogP contribution in [-0.2, 0) is 9.59 Å². The van der Waals surface area contributed by atoms with Gasteiger partial charge in [0.25, 0.3) is 12.9 Å². The van der Waals surface area contributed by atoms with Crippen LogP contribution in [0.15, 0.2) is 12.3 Å². The van der Waals surface area contributed by atoms with E-state index in [0.29, 0.717) is 40.6 Å². The Morgan fingerprint density at radius 2 is 1.87 bits per heavy atom. The summed E-state index contributed by atoms with van der Waals surface area (Å²) >= 11 is 0. The van der Waals surface area contributed by atoms with Crippen molar-refractivity contribution in [2.75, 3.05) is 24.5 Å². The van der Waals surface area contributed by atoms with Crippen molar-refractivity contribution in [2.24, 2.45) is 5.92 Å². The second-order valence-corrected chi connectivity index (χ2v) is 9.55. The van der Waals surface area contributed by atoms with E-state index in [-0.39, 0.29) is 52.8 Å². The zero-order chi connectivity index (χ0) is 27.1. The number of aromatic amines is 1. The number of nitrogens with one attached hydrogen (secondary N) is 2. The van der Waals surface area contributed by atoms with Crippen LogP contribution in [0.5, 0.6) is 17.2 Å². The molecule has 2 aliphatic rings. The number of aromatic nitrogens is 7. The molecule has 39 heavy (non-hydrogen) atoms. The molecule has 14 nitrogen and oxygen atoms in total. The zero-order valence-electron chi connectivity index (χ0n) is 21.2. The van der Waals surface area contributed by atoms with Crippen LogP contribution in [0, 0.1) is 19.8 Å². The van der Waals surface area contributed by atoms with E-state index in [2.05, 4.69) is 45.3 Å². The average molecular weight is 532 g/mol. The molecule has 3 N–H and O–H groups in total. The minimum Gasteiger partial charge on any atom is -0.507 e. The maximum atomic E-state index is 11.5. The summed E-state index contributed by atoms with van der Waals surface area (Å²) in [5.41, 5.74) is 1.80. The summed E-state index contributed by atoms with van der Waals surface area (Å²) in [5, 5.41) is 23.2. The molecule has 0 radical (unpaired) electrons. The molecule has 1 aliphatic carbocycles. The summed E-state index contributed by atoms with van der Waals surface area (Å²) < 4.78 is 10.5. The number of rotatable bonds is 8. The van der Waals surface area contributed by atoms with Crippen molar-refractivity contribution in [3.63, 3.8) is 0 Å². The molecule has 1 atom stereocenters. The summed E-state index contributed by atoms with van der Waals surface area (Å²) in [4.78, 5) is 45.9. The number of piperazine rings is 1. The van der Waals surface area contributed by atoms with Gasteiger partial charge in [0.05, 0.1) is 23.0 Å². The Bertz CT molecular complexity index is 1570. The number of nitrogens with zero attached hydrogens (tertiary/aromatic N) is 7. The lowest BCUT2D eigenvalue weighted by atomic mass is 10.0. The number of carbonyl (C=O) groups is 2. The molecular weight excluding hydrogens is 506 g/mol. The van der Waals surface area contributed by atoms with Crippen LogP contribution in [0.2, 0.25) is 0 Å². The number of hydrogen-bond acceptors (Lipinski definition) is 13. The molecule has 6 rings (SSSR count). The number of anilines is 1. The van der Waals surface area contributed by atoms with E-state index in [1.165, 1.54) is 25.1 Å². The number of phenolic OH excluding ortho intramolecular Hbond substituents is 1. The van der Waals surface area contributed by atoms with Gasteiger partial charge in [0.2, 0.25) is 5.95 Å². The van der Waals surface area contributed by atoms with Gasteiger partial charge in [-0.15, -0.1) is 10.2 Å². The quantitative estimate of drug-likeness (QED) is 0.278. The van der Waals surface area contributed by atoms with Crippen LogP contribution in [-0.4, -0.2) is 78.8 Å². The SMILES string of the molecule is Cc1nc2nc(-c3cc(O)c(-c4cnc(N5CCN[C@@H](C6CC6)C5)nn4)c(OC=O)c3OC=O)nc(C)c2[nH]1. The number of aromatic hydroxyl groups is 1. The van der Waals surface area contributed by atoms with Crippen LogP contribution < -0.4 is 19.7 Å². The first kappa shape index (κ1) is 24.6. The number of carbonyl (C=O) groups excluding carboxylic acids is 2. The monoisotopic (exact) mass is 531 g/mol. The zero-order valence-corrected chi connectivity index (χ0v) is 21.2. The van der Waals surface area contributed by atoms with Gasteiger partial charge in [-0.2, -0.15) is 0 Å². The second kappa shape index (κ2) is 9.87. The minimum absolute atomic E-state index is 0.0289. The van der Waals surface area contributed by atoms with Gasteiger partial charge in [-0.1, -0.05) is 0 Å². The van der Waals surface area contributed by atoms with Gasteiger partial charge < -0.3 is 29.8 Å². The lowest BCUT2D eigenvalue weighted by Crippen LogP contribution is -2.52. The van der Waals surface area contributed by atoms with E-state index in [0.717, 1.165) is 19.6 Å². The Morgan fingerprint density at radius 1 is 1.08 bits per heavy atom. The summed E-state index contributed by atoms with van der Waals surface area (Å²) in [6.45, 7) is 6.21. The van der Waals surface area contributed by atoms with Gasteiger partial charge in [0.15, 0.2) is 23.0 Å². The molecule has 14 heteroatoms. The normalized spacial score (nSPS) is 17.3. The van der Waals surface area contributed by atoms with Crippen molar-refractivity contribution in [1.82, 2.24) is 40.4 Å². The summed E-state index contributed by atoms with van der Waals surface area (Å²) in [6.07, 6.45) is 3.87. The molecule has 4 aromatic rings. The molecule has 0 bridgehead atoms. The minimum atomic E-state index is -0.334. The van der Waals surface area contributed by atoms with Gasteiger partial charge >= 0.3 is 0 Å². The van der Waals surface area contributed by atoms with Gasteiger partial charge in [0.1, 0.15) is 22.8 Å². The van der Waals surface area contributed by atoms with E-state index in [9.17, 15) is 14.7 Å². The standard InChI is InChI=1S/C25H25N9O5/c1-12-20-24(30-13(2)29-20)31-23(28-12)15-7-18(37)19(22(39-11-36)21(15)38-10-35)16-8-27-25(33-32-16)34-6-5-26-17(9-34)14-3-4-14/h7-8,10-11,14,17,26,37H,3-6,9H2,1-2H3,(H,28,29,30,31)/t17-/m1/s1. The molecule has 2 fully saturated rings. The summed E-state index contributed by atoms with van der Waals surface area (Å²) in [6, 6.07) is 1.70. The van der Waals surface area contributed by atoms with Crippen LogP contribution in [0.3, 0.4) is 0 Å². The Kier molecular flexibility index (Phi) is 6.23. The van der Waals surface area contributed by atoms with Gasteiger partial charge in [-0.3, -0.25) is 9.59 Å². The molecule has 3 aromatic heterocycles. The van der Waals surface area contributed by atoms with E-state index in [4.69, 9.17) is 9.47 Å². The molecule has 1 aromatic carbocycles. The molecule has 1 aliphatic heterocycles. The smallest absolute Gasteiger partial charge is 0.298 e. The lowest BCUT2D eigenvalue weighted by molar-refractivity contribution is -0.123. The van der Waals surface area contributed by atoms with Crippen molar-refractivity contribution in [3.05, 3.63) is 23.8 Å². The van der Waals surface area contributed by atoms with E-state index in [1.54, 1.807) is 13.8 Å². The fourth-order valence-corrected chi connectivity index (χ4v) is 4.94. The predicted molar refractivity (Wildman–Crippen MR) is 137 cm³/mol. The molecule has 0 spiro atoms. The van der Waals surface area contributed by atoms with Gasteiger partial charge in [0, 0.05) is 25.7 Å². The van der Waals surface area contributed by atoms with Gasteiger partial charge in [-0.05, 0) is 38.7 Å². The molecule has 1 saturated heterocycles. The fourth-order valence-electron chi connectivity index (χ4n) is 4.94. The molecular formula is C25H25N9O5. The first-order chi connectivity index (χ1) is 19.0. The van der Waals surface area contributed by atoms with Crippen molar-refractivity contribution in [3.8, 4) is 39.9 Å². The van der Waals surface area contributed by atoms with Crippen molar-refractivity contribution < 1.29 is 24.2 Å². The van der Waals surface area contributed by atoms with Gasteiger partial charge in [-0.25, -0.2) is 19.9 Å². The van der Waals surface area contributed by atoms with Crippen LogP contribution >= 0.6 is 0 Å². The number of H-pyrrole nitrogens is 1. The molecule has 200 valence electrons. The number of ether oxygens (including phenoxy) is 2. The third-order valence-electron chi connectivity index (χ3n) is 6.92. The highest BCUT2D eigenvalue weighted by atomic mass is 16.6. The molecule has 1 saturated carbocycles. The molecule has 0 amide bonds. The van der Waals surface area contributed by atoms with Crippen molar-refractivity contribution in [1.29, 1.82) is 0 Å². The molecule has 4 heterocycles. The second-order valence-electron chi connectivity index (χ2n) is 9.55. The Hall–Kier alpha value is -4.72. The third kappa shape index (κ3) is 4.58. The maximum absolute atomic E-state index is 11.5.